The minimum absolute atomic E-state index is 0.0460. The van der Waals surface area contributed by atoms with Gasteiger partial charge in [0.1, 0.15) is 24.0 Å². The maximum absolute atomic E-state index is 13.7. The Labute approximate surface area is 201 Å². The molecule has 0 aromatic heterocycles. The van der Waals surface area contributed by atoms with Crippen molar-refractivity contribution >= 4 is 29.1 Å². The van der Waals surface area contributed by atoms with E-state index < -0.39 is 11.7 Å². The molecule has 5 N–H and O–H groups in total. The smallest absolute Gasteiger partial charge is 0.254 e. The summed E-state index contributed by atoms with van der Waals surface area (Å²) in [4.78, 5) is 24.5. The van der Waals surface area contributed by atoms with E-state index in [0.29, 0.717) is 28.4 Å². The van der Waals surface area contributed by atoms with Gasteiger partial charge in [-0.25, -0.2) is 4.39 Å². The predicted molar refractivity (Wildman–Crippen MR) is 129 cm³/mol. The second kappa shape index (κ2) is 11.9. The molecular formula is C25H24ClFN4O3. The minimum atomic E-state index is -0.601. The number of benzene rings is 3. The quantitative estimate of drug-likeness (QED) is 0.144. The predicted octanol–water partition coefficient (Wildman–Crippen LogP) is 3.54. The summed E-state index contributed by atoms with van der Waals surface area (Å²) in [7, 11) is 0. The van der Waals surface area contributed by atoms with Crippen molar-refractivity contribution in [1.82, 2.24) is 10.6 Å². The van der Waals surface area contributed by atoms with Crippen LogP contribution in [0.3, 0.4) is 0 Å². The molecule has 0 aliphatic heterocycles. The summed E-state index contributed by atoms with van der Waals surface area (Å²) in [6.07, 6.45) is 0. The van der Waals surface area contributed by atoms with E-state index in [-0.39, 0.29) is 36.9 Å². The molecule has 34 heavy (non-hydrogen) atoms. The van der Waals surface area contributed by atoms with Gasteiger partial charge in [0.15, 0.2) is 5.78 Å². The van der Waals surface area contributed by atoms with Crippen LogP contribution in [0.1, 0.15) is 31.8 Å². The first-order chi connectivity index (χ1) is 16.3. The van der Waals surface area contributed by atoms with Crippen LogP contribution in [0.15, 0.2) is 66.7 Å². The molecule has 0 aliphatic carbocycles. The van der Waals surface area contributed by atoms with E-state index in [1.165, 1.54) is 18.2 Å². The molecule has 0 radical (unpaired) electrons. The number of nitrogens with two attached hydrogens (primary N) is 1. The van der Waals surface area contributed by atoms with Crippen LogP contribution in [0, 0.1) is 11.2 Å². The van der Waals surface area contributed by atoms with Gasteiger partial charge < -0.3 is 21.1 Å². The maximum Gasteiger partial charge on any atom is 0.254 e. The largest absolute Gasteiger partial charge is 0.491 e. The molecular weight excluding hydrogens is 459 g/mol. The topological polar surface area (TPSA) is 117 Å². The Morgan fingerprint density at radius 3 is 2.56 bits per heavy atom. The Morgan fingerprint density at radius 1 is 1.03 bits per heavy atom. The number of Topliss-reactive ketones (excluding diaryl/α,β-unsaturated/α-hetero) is 1. The lowest BCUT2D eigenvalue weighted by atomic mass is 10.1. The van der Waals surface area contributed by atoms with E-state index in [9.17, 15) is 14.0 Å². The lowest BCUT2D eigenvalue weighted by Crippen LogP contribution is -2.29. The standard InChI is InChI=1S/C25H24ClFN4O3/c26-19-5-3-4-16(12-19)22(32)15-30-14-18-9-8-17(24(28)29)13-23(18)34-11-10-31-25(33)20-6-1-2-7-21(20)27/h1-9,12-13,30H,10-11,14-15H2,(H3,28,29)(H,31,33). The number of hydrogen-bond acceptors (Lipinski definition) is 5. The summed E-state index contributed by atoms with van der Waals surface area (Å²) in [5.74, 6) is -0.915. The van der Waals surface area contributed by atoms with E-state index in [0.717, 1.165) is 5.56 Å². The number of amidine groups is 1. The zero-order chi connectivity index (χ0) is 24.5. The van der Waals surface area contributed by atoms with Crippen LogP contribution >= 0.6 is 11.6 Å². The van der Waals surface area contributed by atoms with E-state index in [1.807, 2.05) is 0 Å². The van der Waals surface area contributed by atoms with Gasteiger partial charge in [0.25, 0.3) is 5.91 Å². The first kappa shape index (κ1) is 24.9. The molecule has 3 aromatic rings. The first-order valence-corrected chi connectivity index (χ1v) is 10.9. The number of nitrogens with one attached hydrogen (secondary N) is 3. The van der Waals surface area contributed by atoms with Gasteiger partial charge in [-0.15, -0.1) is 0 Å². The van der Waals surface area contributed by atoms with Crippen LogP contribution in [0.2, 0.25) is 5.02 Å². The van der Waals surface area contributed by atoms with Gasteiger partial charge in [-0.2, -0.15) is 0 Å². The van der Waals surface area contributed by atoms with Crippen LogP contribution in [-0.2, 0) is 6.54 Å². The number of hydrogen-bond donors (Lipinski definition) is 4. The zero-order valence-electron chi connectivity index (χ0n) is 18.2. The number of amides is 1. The molecule has 7 nitrogen and oxygen atoms in total. The molecule has 0 bridgehead atoms. The maximum atomic E-state index is 13.7. The van der Waals surface area contributed by atoms with Gasteiger partial charge >= 0.3 is 0 Å². The highest BCUT2D eigenvalue weighted by molar-refractivity contribution is 6.31. The Morgan fingerprint density at radius 2 is 1.82 bits per heavy atom. The molecule has 9 heteroatoms. The van der Waals surface area contributed by atoms with Crippen molar-refractivity contribution in [2.45, 2.75) is 6.54 Å². The van der Waals surface area contributed by atoms with Crippen LogP contribution in [0.25, 0.3) is 0 Å². The number of halogens is 2. The van der Waals surface area contributed by atoms with Gasteiger partial charge in [-0.1, -0.05) is 48.0 Å². The lowest BCUT2D eigenvalue weighted by Gasteiger charge is -2.14. The number of carbonyl (C=O) groups excluding carboxylic acids is 2. The van der Waals surface area contributed by atoms with Crippen molar-refractivity contribution in [2.75, 3.05) is 19.7 Å². The molecule has 0 atom stereocenters. The highest BCUT2D eigenvalue weighted by atomic mass is 35.5. The Bertz CT molecular complexity index is 1200. The third-order valence-corrected chi connectivity index (χ3v) is 5.12. The van der Waals surface area contributed by atoms with Gasteiger partial charge in [-0.05, 0) is 30.3 Å². The number of ether oxygens (including phenoxy) is 1. The summed E-state index contributed by atoms with van der Waals surface area (Å²) in [5.41, 5.74) is 7.26. The van der Waals surface area contributed by atoms with Gasteiger partial charge in [0.2, 0.25) is 0 Å². The third kappa shape index (κ3) is 6.87. The average Bonchev–Trinajstić information content (AvgIpc) is 2.82. The Balaban J connectivity index is 1.58. The summed E-state index contributed by atoms with van der Waals surface area (Å²) in [6.45, 7) is 0.655. The SMILES string of the molecule is N=C(N)c1ccc(CNCC(=O)c2cccc(Cl)c2)c(OCCNC(=O)c2ccccc2F)c1. The molecule has 0 heterocycles. The Kier molecular flexibility index (Phi) is 8.73. The summed E-state index contributed by atoms with van der Waals surface area (Å²) in [5, 5.41) is 13.8. The fraction of sp³-hybridized carbons (Fsp3) is 0.160. The first-order valence-electron chi connectivity index (χ1n) is 10.5. The highest BCUT2D eigenvalue weighted by Gasteiger charge is 2.12. The van der Waals surface area contributed by atoms with Crippen molar-refractivity contribution in [1.29, 1.82) is 5.41 Å². The number of carbonyl (C=O) groups is 2. The number of nitrogen functional groups attached to an aromatic ring is 1. The minimum Gasteiger partial charge on any atom is -0.491 e. The average molecular weight is 483 g/mol. The van der Waals surface area contributed by atoms with Crippen molar-refractivity contribution in [3.63, 3.8) is 0 Å². The molecule has 0 saturated carbocycles. The molecule has 176 valence electrons. The number of rotatable bonds is 11. The molecule has 3 aromatic carbocycles. The summed E-state index contributed by atoms with van der Waals surface area (Å²) >= 11 is 5.94. The molecule has 1 amide bonds. The molecule has 0 fully saturated rings. The van der Waals surface area contributed by atoms with E-state index in [4.69, 9.17) is 27.5 Å². The lowest BCUT2D eigenvalue weighted by molar-refractivity contribution is 0.0942. The van der Waals surface area contributed by atoms with Gasteiger partial charge in [0, 0.05) is 28.3 Å². The summed E-state index contributed by atoms with van der Waals surface area (Å²) in [6, 6.07) is 17.5. The second-order valence-corrected chi connectivity index (χ2v) is 7.79. The van der Waals surface area contributed by atoms with Crippen LogP contribution < -0.4 is 21.1 Å². The van der Waals surface area contributed by atoms with E-state index in [2.05, 4.69) is 10.6 Å². The fourth-order valence-corrected chi connectivity index (χ4v) is 3.33. The fourth-order valence-electron chi connectivity index (χ4n) is 3.14. The van der Waals surface area contributed by atoms with E-state index >= 15 is 0 Å². The van der Waals surface area contributed by atoms with Crippen LogP contribution in [-0.4, -0.2) is 37.2 Å². The highest BCUT2D eigenvalue weighted by Crippen LogP contribution is 2.21. The zero-order valence-corrected chi connectivity index (χ0v) is 19.0. The third-order valence-electron chi connectivity index (χ3n) is 4.89. The Hall–Kier alpha value is -3.75. The van der Waals surface area contributed by atoms with Crippen molar-refractivity contribution in [3.8, 4) is 5.75 Å². The van der Waals surface area contributed by atoms with Crippen molar-refractivity contribution in [3.05, 3.63) is 99.8 Å². The molecule has 0 unspecified atom stereocenters. The van der Waals surface area contributed by atoms with Gasteiger partial charge in [0.05, 0.1) is 18.7 Å². The normalized spacial score (nSPS) is 10.5. The molecule has 3 rings (SSSR count). The van der Waals surface area contributed by atoms with Gasteiger partial charge in [-0.3, -0.25) is 15.0 Å². The van der Waals surface area contributed by atoms with E-state index in [1.54, 1.807) is 48.5 Å². The molecule has 0 spiro atoms. The van der Waals surface area contributed by atoms with Crippen molar-refractivity contribution in [2.24, 2.45) is 5.73 Å². The summed E-state index contributed by atoms with van der Waals surface area (Å²) < 4.78 is 19.5. The molecule has 0 aliphatic rings. The number of ketones is 1. The van der Waals surface area contributed by atoms with Crippen LogP contribution in [0.5, 0.6) is 5.75 Å². The van der Waals surface area contributed by atoms with Crippen molar-refractivity contribution < 1.29 is 18.7 Å². The monoisotopic (exact) mass is 482 g/mol. The second-order valence-electron chi connectivity index (χ2n) is 7.36. The van der Waals surface area contributed by atoms with Crippen LogP contribution in [0.4, 0.5) is 4.39 Å². The molecule has 0 saturated heterocycles.